The molecule has 1 heterocycles. The number of nitrogens with zero attached hydrogens (tertiary/aromatic N) is 1. The molecule has 0 N–H and O–H groups in total. The van der Waals surface area contributed by atoms with Crippen molar-refractivity contribution in [3.05, 3.63) is 293 Å². The minimum atomic E-state index is -0.484. The molecule has 2 spiro atoms. The molecule has 0 radical (unpaired) electrons. The first-order chi connectivity index (χ1) is 34.7. The molecular weight excluding hydrogens is 847 g/mol. The number of anilines is 3. The molecule has 0 fully saturated rings. The van der Waals surface area contributed by atoms with Crippen LogP contribution in [0.1, 0.15) is 44.5 Å². The summed E-state index contributed by atoms with van der Waals surface area (Å²) in [7, 11) is 0. The van der Waals surface area contributed by atoms with Gasteiger partial charge < -0.3 is 9.32 Å². The number of rotatable bonds is 4. The maximum absolute atomic E-state index is 6.59. The molecule has 4 aliphatic carbocycles. The lowest BCUT2D eigenvalue weighted by Crippen LogP contribution is -2.26. The summed E-state index contributed by atoms with van der Waals surface area (Å²) in [6, 6.07) is 92.9. The second-order valence-electron chi connectivity index (χ2n) is 19.4. The fourth-order valence-corrected chi connectivity index (χ4v) is 13.7. The average molecular weight is 888 g/mol. The van der Waals surface area contributed by atoms with Crippen molar-refractivity contribution in [3.8, 4) is 55.6 Å². The fraction of sp³-hybridized carbons (Fsp3) is 0.0294. The maximum Gasteiger partial charge on any atom is 0.143 e. The van der Waals surface area contributed by atoms with Gasteiger partial charge in [-0.05, 0) is 125 Å². The highest BCUT2D eigenvalue weighted by molar-refractivity contribution is 6.10. The summed E-state index contributed by atoms with van der Waals surface area (Å²) in [5.41, 5.74) is 27.3. The lowest BCUT2D eigenvalue weighted by Gasteiger charge is -2.33. The minimum Gasteiger partial charge on any atom is -0.455 e. The number of benzene rings is 11. The van der Waals surface area contributed by atoms with Gasteiger partial charge in [0.2, 0.25) is 0 Å². The third-order valence-corrected chi connectivity index (χ3v) is 16.3. The lowest BCUT2D eigenvalue weighted by atomic mass is 9.70. The summed E-state index contributed by atoms with van der Waals surface area (Å²) in [5.74, 6) is 0. The topological polar surface area (TPSA) is 16.4 Å². The van der Waals surface area contributed by atoms with Gasteiger partial charge in [0.05, 0.1) is 16.5 Å². The second kappa shape index (κ2) is 13.8. The summed E-state index contributed by atoms with van der Waals surface area (Å²) in [6.07, 6.45) is 0. The number of furan rings is 1. The molecule has 16 rings (SSSR count). The standard InChI is InChI=1S/C68H41NO/c1-8-26-55-46(17-1)47-18-2-9-27-56(47)67(55)60-31-13-6-23-54(60)65-61(67)32-16-33-63(65)69(43-37-35-42(36-38-43)45-24-15-25-53-52-22-7-14-34-64(52)70-66(45)53)44-39-40-51-50-21-5-12-30-59(50)68(62(51)41-44)57-28-10-3-19-48(57)49-20-4-11-29-58(49)68/h1-41H. The first-order valence-electron chi connectivity index (χ1n) is 24.4. The predicted octanol–water partition coefficient (Wildman–Crippen LogP) is 17.4. The molecule has 0 bridgehead atoms. The minimum absolute atomic E-state index is 0.475. The zero-order valence-electron chi connectivity index (χ0n) is 38.0. The third-order valence-electron chi connectivity index (χ3n) is 16.3. The van der Waals surface area contributed by atoms with E-state index in [4.69, 9.17) is 4.42 Å². The van der Waals surface area contributed by atoms with E-state index >= 15 is 0 Å². The van der Waals surface area contributed by atoms with Crippen molar-refractivity contribution in [2.24, 2.45) is 0 Å². The molecular formula is C68H41NO. The Labute approximate surface area is 406 Å². The van der Waals surface area contributed by atoms with E-state index < -0.39 is 10.8 Å². The van der Waals surface area contributed by atoms with Gasteiger partial charge in [-0.1, -0.05) is 212 Å². The summed E-state index contributed by atoms with van der Waals surface area (Å²) >= 11 is 0. The quantitative estimate of drug-likeness (QED) is 0.175. The Morgan fingerprint density at radius 1 is 0.286 bits per heavy atom. The van der Waals surface area contributed by atoms with E-state index in [0.717, 1.165) is 50.1 Å². The van der Waals surface area contributed by atoms with Gasteiger partial charge in [0.15, 0.2) is 0 Å². The van der Waals surface area contributed by atoms with Crippen LogP contribution in [0.25, 0.3) is 77.6 Å². The van der Waals surface area contributed by atoms with E-state index in [1.807, 2.05) is 6.07 Å². The van der Waals surface area contributed by atoms with Crippen LogP contribution in [0.15, 0.2) is 253 Å². The van der Waals surface area contributed by atoms with Crippen LogP contribution in [0.5, 0.6) is 0 Å². The lowest BCUT2D eigenvalue weighted by molar-refractivity contribution is 0.670. The van der Waals surface area contributed by atoms with Crippen molar-refractivity contribution in [1.29, 1.82) is 0 Å². The molecule has 0 saturated heterocycles. The van der Waals surface area contributed by atoms with Crippen molar-refractivity contribution < 1.29 is 4.42 Å². The fourth-order valence-electron chi connectivity index (χ4n) is 13.7. The first kappa shape index (κ1) is 38.0. The van der Waals surface area contributed by atoms with Crippen molar-refractivity contribution in [2.75, 3.05) is 4.90 Å². The monoisotopic (exact) mass is 887 g/mol. The molecule has 0 saturated carbocycles. The Kier molecular flexibility index (Phi) is 7.51. The molecule has 0 aliphatic heterocycles. The van der Waals surface area contributed by atoms with E-state index in [1.165, 1.54) is 89.0 Å². The van der Waals surface area contributed by atoms with Gasteiger partial charge in [-0.15, -0.1) is 0 Å². The molecule has 1 aromatic heterocycles. The Balaban J connectivity index is 0.968. The summed E-state index contributed by atoms with van der Waals surface area (Å²) in [5, 5.41) is 2.26. The SMILES string of the molecule is c1ccc2c(c1)-c1ccccc1C21c2ccccc2-c2ccc(N(c3ccc(-c4cccc5c4oc4ccccc45)cc3)c3cccc4c3-c3ccccc3C43c4ccccc4-c4ccccc43)cc21. The van der Waals surface area contributed by atoms with Crippen LogP contribution in [0, 0.1) is 0 Å². The predicted molar refractivity (Wildman–Crippen MR) is 286 cm³/mol. The molecule has 0 amide bonds. The highest BCUT2D eigenvalue weighted by Crippen LogP contribution is 2.66. The molecule has 4 aliphatic rings. The van der Waals surface area contributed by atoms with Gasteiger partial charge in [-0.2, -0.15) is 0 Å². The zero-order valence-corrected chi connectivity index (χ0v) is 38.0. The molecule has 2 heteroatoms. The van der Waals surface area contributed by atoms with Crippen molar-refractivity contribution in [2.45, 2.75) is 10.8 Å². The molecule has 11 aromatic carbocycles. The van der Waals surface area contributed by atoms with Crippen LogP contribution in [-0.2, 0) is 10.8 Å². The Morgan fingerprint density at radius 2 is 0.700 bits per heavy atom. The first-order valence-corrected chi connectivity index (χ1v) is 24.4. The van der Waals surface area contributed by atoms with Crippen LogP contribution in [0.3, 0.4) is 0 Å². The van der Waals surface area contributed by atoms with E-state index in [0.29, 0.717) is 0 Å². The summed E-state index contributed by atoms with van der Waals surface area (Å²) < 4.78 is 6.59. The van der Waals surface area contributed by atoms with Crippen molar-refractivity contribution >= 4 is 39.0 Å². The highest BCUT2D eigenvalue weighted by Gasteiger charge is 2.54. The zero-order chi connectivity index (χ0) is 45.7. The molecule has 0 unspecified atom stereocenters. The van der Waals surface area contributed by atoms with E-state index in [1.54, 1.807) is 0 Å². The molecule has 12 aromatic rings. The number of fused-ring (bicyclic) bond motifs is 23. The molecule has 2 nitrogen and oxygen atoms in total. The van der Waals surface area contributed by atoms with Crippen LogP contribution in [-0.4, -0.2) is 0 Å². The van der Waals surface area contributed by atoms with Gasteiger partial charge in [-0.25, -0.2) is 0 Å². The van der Waals surface area contributed by atoms with Gasteiger partial charge >= 0.3 is 0 Å². The van der Waals surface area contributed by atoms with Crippen LogP contribution >= 0.6 is 0 Å². The average Bonchev–Trinajstić information content (AvgIpc) is 4.21. The Hall–Kier alpha value is -8.98. The van der Waals surface area contributed by atoms with Crippen LogP contribution < -0.4 is 4.90 Å². The van der Waals surface area contributed by atoms with Gasteiger partial charge in [0.25, 0.3) is 0 Å². The highest BCUT2D eigenvalue weighted by atomic mass is 16.3. The molecule has 70 heavy (non-hydrogen) atoms. The maximum atomic E-state index is 6.59. The van der Waals surface area contributed by atoms with Gasteiger partial charge in [-0.3, -0.25) is 0 Å². The van der Waals surface area contributed by atoms with Crippen molar-refractivity contribution in [1.82, 2.24) is 0 Å². The van der Waals surface area contributed by atoms with Crippen LogP contribution in [0.4, 0.5) is 17.1 Å². The van der Waals surface area contributed by atoms with Crippen molar-refractivity contribution in [3.63, 3.8) is 0 Å². The van der Waals surface area contributed by atoms with Gasteiger partial charge in [0, 0.05) is 33.3 Å². The number of hydrogen-bond acceptors (Lipinski definition) is 2. The smallest absolute Gasteiger partial charge is 0.143 e. The normalized spacial score (nSPS) is 14.2. The van der Waals surface area contributed by atoms with E-state index in [-0.39, 0.29) is 0 Å². The summed E-state index contributed by atoms with van der Waals surface area (Å²) in [6.45, 7) is 0. The second-order valence-corrected chi connectivity index (χ2v) is 19.4. The number of hydrogen-bond donors (Lipinski definition) is 0. The van der Waals surface area contributed by atoms with Crippen LogP contribution in [0.2, 0.25) is 0 Å². The largest absolute Gasteiger partial charge is 0.455 e. The third kappa shape index (κ3) is 4.64. The molecule has 0 atom stereocenters. The van der Waals surface area contributed by atoms with E-state index in [2.05, 4.69) is 248 Å². The van der Waals surface area contributed by atoms with Gasteiger partial charge in [0.1, 0.15) is 11.2 Å². The number of para-hydroxylation sites is 2. The molecule has 324 valence electrons. The Bertz CT molecular complexity index is 4100. The van der Waals surface area contributed by atoms with E-state index in [9.17, 15) is 0 Å². The summed E-state index contributed by atoms with van der Waals surface area (Å²) in [4.78, 5) is 2.54. The Morgan fingerprint density at radius 3 is 1.29 bits per heavy atom.